The summed E-state index contributed by atoms with van der Waals surface area (Å²) in [6.45, 7) is 4.29. The number of hydrogen-bond donors (Lipinski definition) is 1. The fraction of sp³-hybridized carbons (Fsp3) is 0.227. The molecule has 1 unspecified atom stereocenters. The summed E-state index contributed by atoms with van der Waals surface area (Å²) in [5, 5.41) is 2.08. The predicted octanol–water partition coefficient (Wildman–Crippen LogP) is 5.57. The van der Waals surface area contributed by atoms with Gasteiger partial charge in [0, 0.05) is 38.8 Å². The van der Waals surface area contributed by atoms with Gasteiger partial charge >= 0.3 is 0 Å². The number of nitrogens with one attached hydrogen (secondary N) is 1. The lowest BCUT2D eigenvalue weighted by Gasteiger charge is -2.36. The van der Waals surface area contributed by atoms with Gasteiger partial charge in [-0.25, -0.2) is 9.37 Å². The molecule has 0 radical (unpaired) electrons. The van der Waals surface area contributed by atoms with Gasteiger partial charge in [-0.3, -0.25) is 0 Å². The summed E-state index contributed by atoms with van der Waals surface area (Å²) in [6, 6.07) is 10.1. The lowest BCUT2D eigenvalue weighted by molar-refractivity contribution is 0.561. The first-order chi connectivity index (χ1) is 14.4. The van der Waals surface area contributed by atoms with E-state index < -0.39 is 6.04 Å². The molecule has 5 rings (SSSR count). The van der Waals surface area contributed by atoms with Crippen molar-refractivity contribution in [2.24, 2.45) is 0 Å². The van der Waals surface area contributed by atoms with Crippen molar-refractivity contribution in [2.45, 2.75) is 26.3 Å². The molecule has 0 amide bonds. The second kappa shape index (κ2) is 7.22. The minimum absolute atomic E-state index is 0.356. The van der Waals surface area contributed by atoms with Gasteiger partial charge in [-0.05, 0) is 56.2 Å². The number of aryl methyl sites for hydroxylation is 2. The Balaban J connectivity index is 1.75. The van der Waals surface area contributed by atoms with Crippen molar-refractivity contribution in [3.63, 3.8) is 0 Å². The van der Waals surface area contributed by atoms with Gasteiger partial charge < -0.3 is 9.88 Å². The first-order valence-corrected chi connectivity index (χ1v) is 10.4. The maximum absolute atomic E-state index is 15.1. The zero-order valence-electron chi connectivity index (χ0n) is 16.4. The lowest BCUT2D eigenvalue weighted by Crippen LogP contribution is -2.38. The van der Waals surface area contributed by atoms with Crippen LogP contribution in [-0.4, -0.2) is 26.5 Å². The van der Waals surface area contributed by atoms with Crippen LogP contribution in [-0.2, 0) is 6.42 Å². The van der Waals surface area contributed by atoms with Gasteiger partial charge in [-0.15, -0.1) is 0 Å². The Kier molecular flexibility index (Phi) is 4.64. The van der Waals surface area contributed by atoms with E-state index in [4.69, 9.17) is 23.2 Å². The molecule has 3 heterocycles. The number of hydrogen-bond acceptors (Lipinski definition) is 4. The van der Waals surface area contributed by atoms with Crippen LogP contribution in [0.2, 0.25) is 10.0 Å². The number of H-pyrrole nitrogens is 1. The van der Waals surface area contributed by atoms with E-state index in [1.807, 2.05) is 36.9 Å². The van der Waals surface area contributed by atoms with E-state index in [0.717, 1.165) is 28.6 Å². The number of anilines is 1. The molecule has 2 aromatic heterocycles. The number of aromatic amines is 1. The normalized spacial score (nSPS) is 16.2. The number of nitrogens with zero attached hydrogens (tertiary/aromatic N) is 4. The smallest absolute Gasteiger partial charge is 0.229 e. The minimum Gasteiger partial charge on any atom is -0.356 e. The standard InChI is InChI=1S/C22H18Cl2FN5/c1-11-26-12(2)28-22(27-11)30-8-7-15-17-9-13(23)4-6-19(17)29-20(15)21(30)16-5-3-14(24)10-18(16)25/h3-6,9-10,21,29H,7-8H2,1-2H3. The largest absolute Gasteiger partial charge is 0.356 e. The molecule has 8 heteroatoms. The minimum atomic E-state index is -0.432. The van der Waals surface area contributed by atoms with E-state index in [1.165, 1.54) is 6.07 Å². The fourth-order valence-electron chi connectivity index (χ4n) is 4.25. The highest BCUT2D eigenvalue weighted by Gasteiger charge is 2.35. The first kappa shape index (κ1) is 19.3. The molecule has 0 fully saturated rings. The van der Waals surface area contributed by atoms with Crippen molar-refractivity contribution in [1.29, 1.82) is 0 Å². The lowest BCUT2D eigenvalue weighted by atomic mass is 9.92. The van der Waals surface area contributed by atoms with Crippen molar-refractivity contribution in [2.75, 3.05) is 11.4 Å². The molecule has 30 heavy (non-hydrogen) atoms. The summed E-state index contributed by atoms with van der Waals surface area (Å²) in [7, 11) is 0. The Morgan fingerprint density at radius 2 is 1.70 bits per heavy atom. The van der Waals surface area contributed by atoms with E-state index >= 15 is 4.39 Å². The van der Waals surface area contributed by atoms with E-state index in [1.54, 1.807) is 12.1 Å². The highest BCUT2D eigenvalue weighted by molar-refractivity contribution is 6.31. The number of rotatable bonds is 2. The highest BCUT2D eigenvalue weighted by Crippen LogP contribution is 2.41. The molecule has 1 aliphatic rings. The molecular formula is C22H18Cl2FN5. The molecule has 152 valence electrons. The van der Waals surface area contributed by atoms with Crippen LogP contribution in [0.4, 0.5) is 10.3 Å². The summed E-state index contributed by atoms with van der Waals surface area (Å²) in [6.07, 6.45) is 0.755. The van der Waals surface area contributed by atoms with Crippen LogP contribution in [0.1, 0.15) is 34.5 Å². The van der Waals surface area contributed by atoms with E-state index in [0.29, 0.717) is 39.8 Å². The maximum Gasteiger partial charge on any atom is 0.229 e. The number of aromatic nitrogens is 4. The average molecular weight is 442 g/mol. The van der Waals surface area contributed by atoms with Crippen molar-refractivity contribution in [1.82, 2.24) is 19.9 Å². The molecule has 1 N–H and O–H groups in total. The Bertz CT molecular complexity index is 1270. The molecule has 0 bridgehead atoms. The molecule has 5 nitrogen and oxygen atoms in total. The molecule has 0 saturated heterocycles. The quantitative estimate of drug-likeness (QED) is 0.441. The molecular weight excluding hydrogens is 424 g/mol. The van der Waals surface area contributed by atoms with Gasteiger partial charge in [0.25, 0.3) is 0 Å². The van der Waals surface area contributed by atoms with Crippen molar-refractivity contribution in [3.05, 3.63) is 80.7 Å². The SMILES string of the molecule is Cc1nc(C)nc(N2CCc3c([nH]c4ccc(Cl)cc34)C2c2ccc(Cl)cc2F)n1. The topological polar surface area (TPSA) is 57.7 Å². The van der Waals surface area contributed by atoms with Gasteiger partial charge in [0.1, 0.15) is 23.5 Å². The van der Waals surface area contributed by atoms with Crippen LogP contribution >= 0.6 is 23.2 Å². The van der Waals surface area contributed by atoms with E-state index in [2.05, 4.69) is 19.9 Å². The average Bonchev–Trinajstić information content (AvgIpc) is 3.05. The van der Waals surface area contributed by atoms with Gasteiger partial charge in [0.15, 0.2) is 0 Å². The predicted molar refractivity (Wildman–Crippen MR) is 117 cm³/mol. The van der Waals surface area contributed by atoms with E-state index in [9.17, 15) is 0 Å². The summed E-state index contributed by atoms with van der Waals surface area (Å²) in [4.78, 5) is 18.9. The monoisotopic (exact) mass is 441 g/mol. The number of halogens is 3. The molecule has 1 aliphatic heterocycles. The first-order valence-electron chi connectivity index (χ1n) is 9.61. The summed E-state index contributed by atoms with van der Waals surface area (Å²) in [5.74, 6) is 1.41. The van der Waals surface area contributed by atoms with E-state index in [-0.39, 0.29) is 5.82 Å². The Morgan fingerprint density at radius 1 is 1.00 bits per heavy atom. The zero-order valence-corrected chi connectivity index (χ0v) is 17.9. The summed E-state index contributed by atoms with van der Waals surface area (Å²) >= 11 is 12.3. The van der Waals surface area contributed by atoms with Gasteiger partial charge in [0.2, 0.25) is 5.95 Å². The maximum atomic E-state index is 15.1. The van der Waals surface area contributed by atoms with Crippen LogP contribution in [0.25, 0.3) is 10.9 Å². The van der Waals surface area contributed by atoms with Gasteiger partial charge in [-0.2, -0.15) is 9.97 Å². The Morgan fingerprint density at radius 3 is 2.43 bits per heavy atom. The third-order valence-corrected chi connectivity index (χ3v) is 5.92. The molecule has 2 aromatic carbocycles. The second-order valence-corrected chi connectivity index (χ2v) is 8.32. The molecule has 0 saturated carbocycles. The van der Waals surface area contributed by atoms with Gasteiger partial charge in [0.05, 0.1) is 0 Å². The number of fused-ring (bicyclic) bond motifs is 3. The van der Waals surface area contributed by atoms with Crippen LogP contribution in [0, 0.1) is 19.7 Å². The molecule has 0 spiro atoms. The highest BCUT2D eigenvalue weighted by atomic mass is 35.5. The van der Waals surface area contributed by atoms with Gasteiger partial charge in [-0.1, -0.05) is 29.3 Å². The molecule has 0 aliphatic carbocycles. The third-order valence-electron chi connectivity index (χ3n) is 5.45. The number of benzene rings is 2. The van der Waals surface area contributed by atoms with Crippen molar-refractivity contribution >= 4 is 40.1 Å². The molecule has 1 atom stereocenters. The van der Waals surface area contributed by atoms with Crippen molar-refractivity contribution in [3.8, 4) is 0 Å². The second-order valence-electron chi connectivity index (χ2n) is 7.45. The Labute approximate surface area is 182 Å². The third kappa shape index (κ3) is 3.20. The summed E-state index contributed by atoms with van der Waals surface area (Å²) < 4.78 is 15.1. The summed E-state index contributed by atoms with van der Waals surface area (Å²) in [5.41, 5.74) is 3.52. The van der Waals surface area contributed by atoms with Crippen LogP contribution in [0.3, 0.4) is 0 Å². The van der Waals surface area contributed by atoms with Crippen LogP contribution in [0.5, 0.6) is 0 Å². The molecule has 4 aromatic rings. The van der Waals surface area contributed by atoms with Crippen LogP contribution in [0.15, 0.2) is 36.4 Å². The van der Waals surface area contributed by atoms with Crippen molar-refractivity contribution < 1.29 is 4.39 Å². The van der Waals surface area contributed by atoms with Crippen LogP contribution < -0.4 is 4.90 Å². The fourth-order valence-corrected chi connectivity index (χ4v) is 4.58. The Hall–Kier alpha value is -2.70. The zero-order chi connectivity index (χ0) is 21.0.